The zero-order valence-electron chi connectivity index (χ0n) is 20.0. The van der Waals surface area contributed by atoms with Crippen LogP contribution < -0.4 is 0 Å². The van der Waals surface area contributed by atoms with Gasteiger partial charge in [-0.05, 0) is 39.5 Å². The fourth-order valence-electron chi connectivity index (χ4n) is 6.10. The van der Waals surface area contributed by atoms with Gasteiger partial charge in [-0.15, -0.1) is 0 Å². The van der Waals surface area contributed by atoms with E-state index in [-0.39, 0.29) is 31.1 Å². The molecule has 4 aliphatic heterocycles. The molecule has 2 saturated heterocycles. The van der Waals surface area contributed by atoms with Crippen LogP contribution in [0.3, 0.4) is 0 Å². The maximum absolute atomic E-state index is 14.1. The van der Waals surface area contributed by atoms with Crippen LogP contribution in [0.1, 0.15) is 53.4 Å². The quantitative estimate of drug-likeness (QED) is 0.497. The van der Waals surface area contributed by atoms with Crippen molar-refractivity contribution in [3.05, 3.63) is 24.3 Å². The molecule has 6 atom stereocenters. The van der Waals surface area contributed by atoms with Gasteiger partial charge in [0.2, 0.25) is 11.8 Å². The van der Waals surface area contributed by atoms with Crippen LogP contribution in [0.5, 0.6) is 0 Å². The van der Waals surface area contributed by atoms with Crippen molar-refractivity contribution < 1.29 is 29.0 Å². The van der Waals surface area contributed by atoms with Gasteiger partial charge in [-0.25, -0.2) is 0 Å². The normalized spacial score (nSPS) is 38.1. The van der Waals surface area contributed by atoms with E-state index in [1.807, 2.05) is 52.0 Å². The van der Waals surface area contributed by atoms with Gasteiger partial charge < -0.3 is 24.4 Å². The Kier molecular flexibility index (Phi) is 6.44. The lowest BCUT2D eigenvalue weighted by molar-refractivity contribution is -0.163. The van der Waals surface area contributed by atoms with Gasteiger partial charge in [0.25, 0.3) is 0 Å². The molecule has 4 heterocycles. The number of nitrogens with zero attached hydrogens (tertiary/aromatic N) is 2. The Bertz CT molecular complexity index is 865. The summed E-state index contributed by atoms with van der Waals surface area (Å²) in [6, 6.07) is -1.57. The number of carbonyl (C=O) groups excluding carboxylic acids is 3. The summed E-state index contributed by atoms with van der Waals surface area (Å²) in [6.07, 6.45) is 10.0. The highest BCUT2D eigenvalue weighted by Crippen LogP contribution is 2.58. The molecule has 0 radical (unpaired) electrons. The molecule has 1 unspecified atom stereocenters. The second kappa shape index (κ2) is 8.87. The molecular weight excluding hydrogens is 424 g/mol. The fourth-order valence-corrected chi connectivity index (χ4v) is 6.10. The van der Waals surface area contributed by atoms with Crippen LogP contribution in [0.25, 0.3) is 0 Å². The molecule has 0 aromatic heterocycles. The number of allylic oxidation sites excluding steroid dienone is 1. The van der Waals surface area contributed by atoms with E-state index in [2.05, 4.69) is 0 Å². The van der Waals surface area contributed by atoms with Crippen molar-refractivity contribution in [3.8, 4) is 0 Å². The third-order valence-corrected chi connectivity index (χ3v) is 7.80. The molecule has 0 aromatic rings. The highest BCUT2D eigenvalue weighted by molar-refractivity contribution is 5.99. The molecule has 8 nitrogen and oxygen atoms in total. The largest absolute Gasteiger partial charge is 0.465 e. The third kappa shape index (κ3) is 3.44. The van der Waals surface area contributed by atoms with Crippen molar-refractivity contribution in [1.29, 1.82) is 0 Å². The average molecular weight is 461 g/mol. The molecule has 0 aromatic carbocycles. The topological polar surface area (TPSA) is 96.4 Å². The number of amides is 2. The summed E-state index contributed by atoms with van der Waals surface area (Å²) < 4.78 is 12.4. The third-order valence-electron chi connectivity index (χ3n) is 7.80. The molecule has 182 valence electrons. The van der Waals surface area contributed by atoms with E-state index < -0.39 is 41.1 Å². The number of fused-ring (bicyclic) bond motifs is 2. The van der Waals surface area contributed by atoms with E-state index in [1.165, 1.54) is 4.90 Å². The minimum absolute atomic E-state index is 0.0777. The summed E-state index contributed by atoms with van der Waals surface area (Å²) in [5, 5.41) is 10.1. The number of aliphatic hydroxyl groups excluding tert-OH is 1. The maximum atomic E-state index is 14.1. The molecule has 0 aliphatic carbocycles. The Hall–Kier alpha value is -2.19. The molecule has 2 amide bonds. The lowest BCUT2D eigenvalue weighted by Crippen LogP contribution is -2.59. The van der Waals surface area contributed by atoms with Crippen molar-refractivity contribution in [3.63, 3.8) is 0 Å². The van der Waals surface area contributed by atoms with Gasteiger partial charge in [-0.1, -0.05) is 38.2 Å². The molecule has 0 bridgehead atoms. The minimum atomic E-state index is -1.30. The first kappa shape index (κ1) is 24.0. The molecule has 4 aliphatic rings. The number of carbonyl (C=O) groups is 3. The summed E-state index contributed by atoms with van der Waals surface area (Å²) in [7, 11) is 0. The molecule has 33 heavy (non-hydrogen) atoms. The Morgan fingerprint density at radius 1 is 1.12 bits per heavy atom. The summed E-state index contributed by atoms with van der Waals surface area (Å²) in [5.74, 6) is -2.76. The number of cyclic esters (lactones) is 1. The van der Waals surface area contributed by atoms with Crippen LogP contribution in [-0.2, 0) is 23.9 Å². The lowest BCUT2D eigenvalue weighted by atomic mass is 9.73. The Balaban J connectivity index is 1.94. The summed E-state index contributed by atoms with van der Waals surface area (Å²) in [5.41, 5.74) is -2.34. The van der Waals surface area contributed by atoms with Crippen LogP contribution in [0.2, 0.25) is 0 Å². The molecule has 1 spiro atoms. The maximum Gasteiger partial charge on any atom is 0.313 e. The zero-order valence-corrected chi connectivity index (χ0v) is 20.0. The van der Waals surface area contributed by atoms with E-state index in [0.29, 0.717) is 25.8 Å². The zero-order chi connectivity index (χ0) is 24.0. The number of aliphatic hydroxyl groups is 1. The molecular formula is C25H36N2O6. The molecule has 4 rings (SSSR count). The van der Waals surface area contributed by atoms with Gasteiger partial charge in [0.05, 0.1) is 25.2 Å². The smallest absolute Gasteiger partial charge is 0.313 e. The van der Waals surface area contributed by atoms with Gasteiger partial charge in [0.1, 0.15) is 23.2 Å². The van der Waals surface area contributed by atoms with Crippen molar-refractivity contribution in [1.82, 2.24) is 9.80 Å². The molecule has 2 fully saturated rings. The molecule has 8 heteroatoms. The molecule has 1 N–H and O–H groups in total. The van der Waals surface area contributed by atoms with Crippen LogP contribution in [-0.4, -0.2) is 81.8 Å². The van der Waals surface area contributed by atoms with Crippen molar-refractivity contribution >= 4 is 17.8 Å². The van der Waals surface area contributed by atoms with Crippen LogP contribution >= 0.6 is 0 Å². The van der Waals surface area contributed by atoms with Crippen molar-refractivity contribution in [2.75, 3.05) is 19.8 Å². The van der Waals surface area contributed by atoms with Gasteiger partial charge in [0, 0.05) is 12.6 Å². The predicted octanol–water partition coefficient (Wildman–Crippen LogP) is 1.82. The van der Waals surface area contributed by atoms with E-state index in [9.17, 15) is 19.5 Å². The van der Waals surface area contributed by atoms with Crippen LogP contribution in [0.4, 0.5) is 0 Å². The minimum Gasteiger partial charge on any atom is -0.465 e. The number of ether oxygens (including phenoxy) is 2. The van der Waals surface area contributed by atoms with Gasteiger partial charge in [-0.3, -0.25) is 14.4 Å². The van der Waals surface area contributed by atoms with E-state index in [0.717, 1.165) is 6.42 Å². The number of rotatable bonds is 5. The number of hydrogen-bond donors (Lipinski definition) is 1. The highest BCUT2D eigenvalue weighted by Gasteiger charge is 2.75. The Morgan fingerprint density at radius 3 is 2.52 bits per heavy atom. The fraction of sp³-hybridized carbons (Fsp3) is 0.720. The van der Waals surface area contributed by atoms with Crippen LogP contribution in [0.15, 0.2) is 24.3 Å². The first-order valence-corrected chi connectivity index (χ1v) is 12.2. The lowest BCUT2D eigenvalue weighted by Gasteiger charge is -2.41. The van der Waals surface area contributed by atoms with Gasteiger partial charge in [0.15, 0.2) is 0 Å². The number of hydrogen-bond acceptors (Lipinski definition) is 6. The Labute approximate surface area is 195 Å². The summed E-state index contributed by atoms with van der Waals surface area (Å²) in [4.78, 5) is 44.7. The highest BCUT2D eigenvalue weighted by atomic mass is 16.6. The number of esters is 1. The predicted molar refractivity (Wildman–Crippen MR) is 121 cm³/mol. The average Bonchev–Trinajstić information content (AvgIpc) is 3.16. The van der Waals surface area contributed by atoms with E-state index in [4.69, 9.17) is 9.47 Å². The molecule has 0 saturated carbocycles. The first-order valence-electron chi connectivity index (χ1n) is 12.2. The first-order chi connectivity index (χ1) is 15.8. The monoisotopic (exact) mass is 460 g/mol. The Morgan fingerprint density at radius 2 is 1.88 bits per heavy atom. The van der Waals surface area contributed by atoms with Gasteiger partial charge >= 0.3 is 5.97 Å². The SMILES string of the molecule is CC[C@@H](CO)N1C(=O)[C@@H]2[C@@H]3C(=O)OCCC/C=C\[C@]3(CC)O[C@@]23C=CCN(C(C)C)C(=O)C13. The number of likely N-dealkylation sites (tertiary alicyclic amines) is 1. The second-order valence-corrected chi connectivity index (χ2v) is 9.81. The standard InChI is InChI=1S/C25H36N2O6/c1-5-17(15-28)27-20-22(30)26(16(3)4)13-10-12-25(20)18(21(27)29)19-23(31)32-14-9-7-8-11-24(19,6-2)33-25/h8,10-12,16-20,28H,5-7,9,13-15H2,1-4H3/b11-8-/t17-,18-,19+,20?,24-,25-/m0/s1. The summed E-state index contributed by atoms with van der Waals surface area (Å²) >= 11 is 0. The van der Waals surface area contributed by atoms with Gasteiger partial charge in [-0.2, -0.15) is 0 Å². The van der Waals surface area contributed by atoms with Crippen molar-refractivity contribution in [2.45, 2.75) is 82.7 Å². The van der Waals surface area contributed by atoms with E-state index in [1.54, 1.807) is 4.90 Å². The summed E-state index contributed by atoms with van der Waals surface area (Å²) in [6.45, 7) is 8.09. The van der Waals surface area contributed by atoms with E-state index >= 15 is 0 Å². The second-order valence-electron chi connectivity index (χ2n) is 9.81. The van der Waals surface area contributed by atoms with Crippen molar-refractivity contribution in [2.24, 2.45) is 11.8 Å². The van der Waals surface area contributed by atoms with Crippen LogP contribution in [0, 0.1) is 11.8 Å².